The molecule has 2 N–H and O–H groups in total. The highest BCUT2D eigenvalue weighted by Gasteiger charge is 2.35. The van der Waals surface area contributed by atoms with Crippen molar-refractivity contribution in [1.29, 1.82) is 0 Å². The second kappa shape index (κ2) is 5.18. The van der Waals surface area contributed by atoms with Gasteiger partial charge in [0.15, 0.2) is 9.84 Å². The van der Waals surface area contributed by atoms with Crippen LogP contribution in [0.3, 0.4) is 0 Å². The van der Waals surface area contributed by atoms with Crippen molar-refractivity contribution in [3.8, 4) is 0 Å². The minimum absolute atomic E-state index is 0.289. The zero-order valence-corrected chi connectivity index (χ0v) is 13.4. The maximum atomic E-state index is 11.6. The van der Waals surface area contributed by atoms with E-state index in [1.807, 2.05) is 6.07 Å². The van der Waals surface area contributed by atoms with Gasteiger partial charge in [-0.1, -0.05) is 0 Å². The second-order valence-corrected chi connectivity index (χ2v) is 8.29. The van der Waals surface area contributed by atoms with Gasteiger partial charge in [0.1, 0.15) is 0 Å². The number of hydrogen-bond acceptors (Lipinski definition) is 5. The molecule has 2 heterocycles. The number of hydrogen-bond donors (Lipinski definition) is 1. The lowest BCUT2D eigenvalue weighted by molar-refractivity contribution is 0.254. The number of nitrogen functional groups attached to an aromatic ring is 1. The topological polar surface area (TPSA) is 66.6 Å². The molecule has 6 heteroatoms. The lowest BCUT2D eigenvalue weighted by Gasteiger charge is -2.28. The maximum Gasteiger partial charge on any atom is 0.175 e. The molecular weight excluding hydrogens is 286 g/mol. The number of nitrogens with two attached hydrogens (primary N) is 1. The van der Waals surface area contributed by atoms with E-state index in [2.05, 4.69) is 16.8 Å². The maximum absolute atomic E-state index is 11.6. The standard InChI is InChI=1S/C15H23N3O2S/c1-17-11-3-4-12(17)10-18(8-7-11)15-6-5-13(9-14(15)16)21(2,19)20/h5-6,9,11-12H,3-4,7-8,10,16H2,1-2H3. The van der Waals surface area contributed by atoms with Crippen molar-refractivity contribution in [3.05, 3.63) is 18.2 Å². The van der Waals surface area contributed by atoms with E-state index in [9.17, 15) is 8.42 Å². The number of anilines is 2. The monoisotopic (exact) mass is 309 g/mol. The zero-order valence-electron chi connectivity index (χ0n) is 12.6. The Balaban J connectivity index is 1.87. The average molecular weight is 309 g/mol. The Morgan fingerprint density at radius 3 is 2.57 bits per heavy atom. The van der Waals surface area contributed by atoms with Gasteiger partial charge in [-0.05, 0) is 44.5 Å². The van der Waals surface area contributed by atoms with Crippen LogP contribution in [0.25, 0.3) is 0 Å². The third-order valence-electron chi connectivity index (χ3n) is 4.92. The minimum atomic E-state index is -3.20. The van der Waals surface area contributed by atoms with Crippen molar-refractivity contribution in [3.63, 3.8) is 0 Å². The highest BCUT2D eigenvalue weighted by molar-refractivity contribution is 7.90. The summed E-state index contributed by atoms with van der Waals surface area (Å²) < 4.78 is 23.2. The molecule has 2 fully saturated rings. The van der Waals surface area contributed by atoms with E-state index < -0.39 is 9.84 Å². The van der Waals surface area contributed by atoms with Gasteiger partial charge in [0.05, 0.1) is 16.3 Å². The quantitative estimate of drug-likeness (QED) is 0.835. The Morgan fingerprint density at radius 2 is 1.90 bits per heavy atom. The van der Waals surface area contributed by atoms with E-state index in [-0.39, 0.29) is 4.90 Å². The Morgan fingerprint density at radius 1 is 1.19 bits per heavy atom. The number of nitrogens with zero attached hydrogens (tertiary/aromatic N) is 2. The summed E-state index contributed by atoms with van der Waals surface area (Å²) in [7, 11) is -0.994. The fourth-order valence-electron chi connectivity index (χ4n) is 3.58. The van der Waals surface area contributed by atoms with Crippen LogP contribution in [0.4, 0.5) is 11.4 Å². The Bertz CT molecular complexity index is 644. The summed E-state index contributed by atoms with van der Waals surface area (Å²) in [6.45, 7) is 1.95. The molecule has 0 radical (unpaired) electrons. The number of rotatable bonds is 2. The number of likely N-dealkylation sites (N-methyl/N-ethyl adjacent to an activating group) is 1. The number of sulfone groups is 1. The second-order valence-electron chi connectivity index (χ2n) is 6.28. The first-order valence-corrected chi connectivity index (χ1v) is 9.32. The predicted molar refractivity (Wildman–Crippen MR) is 85.4 cm³/mol. The van der Waals surface area contributed by atoms with E-state index in [0.29, 0.717) is 17.8 Å². The Hall–Kier alpha value is -1.27. The average Bonchev–Trinajstić information content (AvgIpc) is 2.63. The third-order valence-corrected chi connectivity index (χ3v) is 6.03. The lowest BCUT2D eigenvalue weighted by atomic mass is 10.1. The molecule has 2 bridgehead atoms. The molecule has 2 atom stereocenters. The fraction of sp³-hybridized carbons (Fsp3) is 0.600. The molecule has 0 spiro atoms. The van der Waals surface area contributed by atoms with Crippen LogP contribution in [-0.4, -0.2) is 51.8 Å². The van der Waals surface area contributed by atoms with Gasteiger partial charge in [-0.15, -0.1) is 0 Å². The van der Waals surface area contributed by atoms with E-state index in [1.54, 1.807) is 12.1 Å². The van der Waals surface area contributed by atoms with Gasteiger partial charge >= 0.3 is 0 Å². The Labute approximate surface area is 126 Å². The van der Waals surface area contributed by atoms with Crippen LogP contribution >= 0.6 is 0 Å². The molecule has 5 nitrogen and oxygen atoms in total. The van der Waals surface area contributed by atoms with E-state index >= 15 is 0 Å². The molecule has 2 saturated heterocycles. The molecule has 0 amide bonds. The molecule has 2 aliphatic heterocycles. The molecule has 3 rings (SSSR count). The van der Waals surface area contributed by atoms with E-state index in [4.69, 9.17) is 5.73 Å². The highest BCUT2D eigenvalue weighted by Crippen LogP contribution is 2.33. The van der Waals surface area contributed by atoms with Crippen molar-refractivity contribution in [2.45, 2.75) is 36.2 Å². The van der Waals surface area contributed by atoms with Gasteiger partial charge in [-0.2, -0.15) is 0 Å². The van der Waals surface area contributed by atoms with Crippen LogP contribution in [-0.2, 0) is 9.84 Å². The predicted octanol–water partition coefficient (Wildman–Crippen LogP) is 1.35. The summed E-state index contributed by atoms with van der Waals surface area (Å²) in [6.07, 6.45) is 4.87. The van der Waals surface area contributed by atoms with Crippen LogP contribution < -0.4 is 10.6 Å². The van der Waals surface area contributed by atoms with E-state index in [0.717, 1.165) is 25.2 Å². The van der Waals surface area contributed by atoms with Crippen LogP contribution in [0.1, 0.15) is 19.3 Å². The summed E-state index contributed by atoms with van der Waals surface area (Å²) >= 11 is 0. The Kier molecular flexibility index (Phi) is 3.61. The summed E-state index contributed by atoms with van der Waals surface area (Å²) in [4.78, 5) is 5.08. The van der Waals surface area contributed by atoms with Crippen LogP contribution in [0.5, 0.6) is 0 Å². The summed E-state index contributed by atoms with van der Waals surface area (Å²) in [5.74, 6) is 0. The van der Waals surface area contributed by atoms with Gasteiger partial charge in [0, 0.05) is 31.4 Å². The third kappa shape index (κ3) is 2.74. The minimum Gasteiger partial charge on any atom is -0.397 e. The molecule has 0 aliphatic carbocycles. The van der Waals surface area contributed by atoms with Crippen molar-refractivity contribution in [2.75, 3.05) is 37.0 Å². The molecule has 1 aromatic carbocycles. The van der Waals surface area contributed by atoms with Gasteiger partial charge in [0.25, 0.3) is 0 Å². The van der Waals surface area contributed by atoms with Gasteiger partial charge in [-0.3, -0.25) is 4.90 Å². The lowest BCUT2D eigenvalue weighted by Crippen LogP contribution is -2.36. The fourth-order valence-corrected chi connectivity index (χ4v) is 4.24. The molecule has 0 aromatic heterocycles. The normalized spacial score (nSPS) is 26.9. The van der Waals surface area contributed by atoms with Crippen LogP contribution in [0.15, 0.2) is 23.1 Å². The molecule has 1 aromatic rings. The van der Waals surface area contributed by atoms with Crippen LogP contribution in [0, 0.1) is 0 Å². The SMILES string of the molecule is CN1C2CCC1CN(c1ccc(S(C)(=O)=O)cc1N)CC2. The first kappa shape index (κ1) is 14.7. The summed E-state index contributed by atoms with van der Waals surface area (Å²) in [5, 5.41) is 0. The molecule has 2 unspecified atom stereocenters. The first-order chi connectivity index (χ1) is 9.86. The van der Waals surface area contributed by atoms with Gasteiger partial charge in [0.2, 0.25) is 0 Å². The molecular formula is C15H23N3O2S. The van der Waals surface area contributed by atoms with Gasteiger partial charge < -0.3 is 10.6 Å². The molecule has 21 heavy (non-hydrogen) atoms. The van der Waals surface area contributed by atoms with Crippen molar-refractivity contribution in [1.82, 2.24) is 4.90 Å². The first-order valence-electron chi connectivity index (χ1n) is 7.43. The summed E-state index contributed by atoms with van der Waals surface area (Å²) in [5.41, 5.74) is 7.63. The van der Waals surface area contributed by atoms with Crippen molar-refractivity contribution in [2.24, 2.45) is 0 Å². The van der Waals surface area contributed by atoms with E-state index in [1.165, 1.54) is 19.1 Å². The number of benzene rings is 1. The van der Waals surface area contributed by atoms with Crippen LogP contribution in [0.2, 0.25) is 0 Å². The highest BCUT2D eigenvalue weighted by atomic mass is 32.2. The molecule has 116 valence electrons. The molecule has 0 saturated carbocycles. The largest absolute Gasteiger partial charge is 0.397 e. The molecule has 2 aliphatic rings. The van der Waals surface area contributed by atoms with Crippen molar-refractivity contribution < 1.29 is 8.42 Å². The zero-order chi connectivity index (χ0) is 15.2. The smallest absolute Gasteiger partial charge is 0.175 e. The van der Waals surface area contributed by atoms with Gasteiger partial charge in [-0.25, -0.2) is 8.42 Å². The summed E-state index contributed by atoms with van der Waals surface area (Å²) in [6, 6.07) is 6.35. The number of fused-ring (bicyclic) bond motifs is 2. The van der Waals surface area contributed by atoms with Crippen molar-refractivity contribution >= 4 is 21.2 Å².